The van der Waals surface area contributed by atoms with Gasteiger partial charge < -0.3 is 14.6 Å². The molecule has 0 saturated carbocycles. The summed E-state index contributed by atoms with van der Waals surface area (Å²) in [5, 5.41) is 3.18. The Morgan fingerprint density at radius 1 is 1.12 bits per heavy atom. The van der Waals surface area contributed by atoms with Crippen LogP contribution in [0.2, 0.25) is 0 Å². The van der Waals surface area contributed by atoms with E-state index in [1.807, 2.05) is 29.2 Å². The van der Waals surface area contributed by atoms with Gasteiger partial charge >= 0.3 is 11.8 Å². The zero-order chi connectivity index (χ0) is 23.5. The number of aryl methyl sites for hydroxylation is 1. The Labute approximate surface area is 195 Å². The van der Waals surface area contributed by atoms with Crippen LogP contribution in [0, 0.1) is 5.41 Å². The number of piperidine rings is 1. The van der Waals surface area contributed by atoms with Gasteiger partial charge in [-0.25, -0.2) is 9.59 Å². The molecule has 6 nitrogen and oxygen atoms in total. The number of carbonyl (C=O) groups is 1. The van der Waals surface area contributed by atoms with Crippen molar-refractivity contribution in [1.82, 2.24) is 15.2 Å². The van der Waals surface area contributed by atoms with Gasteiger partial charge in [0.25, 0.3) is 0 Å². The first-order valence-electron chi connectivity index (χ1n) is 12.0. The molecule has 1 unspecified atom stereocenters. The predicted molar refractivity (Wildman–Crippen MR) is 131 cm³/mol. The number of oxazole rings is 1. The Kier molecular flexibility index (Phi) is 6.63. The third-order valence-corrected chi connectivity index (χ3v) is 7.03. The monoisotopic (exact) mass is 449 g/mol. The van der Waals surface area contributed by atoms with Crippen molar-refractivity contribution < 1.29 is 9.21 Å². The van der Waals surface area contributed by atoms with Gasteiger partial charge in [-0.15, -0.1) is 0 Å². The Morgan fingerprint density at radius 2 is 1.91 bits per heavy atom. The number of carbonyl (C=O) groups excluding carboxylic acids is 1. The smallest absolute Gasteiger partial charge is 0.408 e. The van der Waals surface area contributed by atoms with Crippen LogP contribution >= 0.6 is 0 Å². The maximum atomic E-state index is 13.5. The molecule has 1 aromatic heterocycles. The summed E-state index contributed by atoms with van der Waals surface area (Å²) in [7, 11) is 0. The minimum absolute atomic E-state index is 0.0139. The highest BCUT2D eigenvalue weighted by molar-refractivity contribution is 5.77. The van der Waals surface area contributed by atoms with Crippen molar-refractivity contribution in [2.75, 3.05) is 13.1 Å². The molecule has 1 aliphatic heterocycles. The topological polar surface area (TPSA) is 78.3 Å². The lowest BCUT2D eigenvalue weighted by Crippen LogP contribution is -2.61. The number of unbranched alkanes of at least 4 members (excludes halogenated alkanes) is 1. The predicted octanol–water partition coefficient (Wildman–Crippen LogP) is 5.58. The second kappa shape index (κ2) is 9.46. The van der Waals surface area contributed by atoms with Gasteiger partial charge in [0.05, 0.1) is 11.1 Å². The molecule has 4 rings (SSSR count). The van der Waals surface area contributed by atoms with Crippen molar-refractivity contribution in [3.05, 3.63) is 70.2 Å². The van der Waals surface area contributed by atoms with Crippen molar-refractivity contribution in [2.24, 2.45) is 5.41 Å². The fourth-order valence-corrected chi connectivity index (χ4v) is 5.36. The SMILES string of the molecule is CC(C)(C)C1(c2ccc3[nH]c(=O)oc3c2)CCCCN1C(=O)NCCCCc1ccccc1. The lowest BCUT2D eigenvalue weighted by molar-refractivity contribution is -0.0135. The standard InChI is InChI=1S/C27H35N3O3/c1-26(2,3)27(21-14-15-22-23(19-21)33-25(32)29-22)16-8-10-18-30(27)24(31)28-17-9-7-13-20-11-5-4-6-12-20/h4-6,11-12,14-15,19H,7-10,13,16-18H2,1-3H3,(H,28,31)(H,29,32). The number of nitrogens with zero attached hydrogens (tertiary/aromatic N) is 1. The molecule has 1 atom stereocenters. The average Bonchev–Trinajstić information content (AvgIpc) is 3.17. The summed E-state index contributed by atoms with van der Waals surface area (Å²) in [4.78, 5) is 29.9. The summed E-state index contributed by atoms with van der Waals surface area (Å²) >= 11 is 0. The first kappa shape index (κ1) is 23.1. The van der Waals surface area contributed by atoms with Crippen LogP contribution in [0.15, 0.2) is 57.7 Å². The van der Waals surface area contributed by atoms with E-state index in [2.05, 4.69) is 55.3 Å². The van der Waals surface area contributed by atoms with Crippen LogP contribution in [0.3, 0.4) is 0 Å². The quantitative estimate of drug-likeness (QED) is 0.482. The van der Waals surface area contributed by atoms with Crippen LogP contribution in [0.1, 0.15) is 64.0 Å². The van der Waals surface area contributed by atoms with Crippen LogP contribution in [0.4, 0.5) is 4.79 Å². The van der Waals surface area contributed by atoms with Crippen molar-refractivity contribution in [2.45, 2.75) is 64.8 Å². The molecule has 0 radical (unpaired) electrons. The summed E-state index contributed by atoms with van der Waals surface area (Å²) in [5.41, 5.74) is 2.87. The molecule has 0 spiro atoms. The van der Waals surface area contributed by atoms with Gasteiger partial charge in [0, 0.05) is 13.1 Å². The highest BCUT2D eigenvalue weighted by atomic mass is 16.4. The molecule has 2 N–H and O–H groups in total. The highest BCUT2D eigenvalue weighted by Gasteiger charge is 2.51. The fraction of sp³-hybridized carbons (Fsp3) is 0.481. The summed E-state index contributed by atoms with van der Waals surface area (Å²) < 4.78 is 5.35. The Morgan fingerprint density at radius 3 is 2.67 bits per heavy atom. The van der Waals surface area contributed by atoms with E-state index in [-0.39, 0.29) is 11.4 Å². The number of amides is 2. The van der Waals surface area contributed by atoms with Crippen molar-refractivity contribution in [1.29, 1.82) is 0 Å². The third-order valence-electron chi connectivity index (χ3n) is 7.03. The minimum Gasteiger partial charge on any atom is -0.408 e. The summed E-state index contributed by atoms with van der Waals surface area (Å²) in [6, 6.07) is 16.3. The van der Waals surface area contributed by atoms with Gasteiger partial charge in [0.2, 0.25) is 0 Å². The van der Waals surface area contributed by atoms with Gasteiger partial charge in [0.1, 0.15) is 0 Å². The molecule has 2 amide bonds. The van der Waals surface area contributed by atoms with E-state index in [4.69, 9.17) is 4.42 Å². The normalized spacial score (nSPS) is 19.1. The van der Waals surface area contributed by atoms with Crippen LogP contribution in [0.5, 0.6) is 0 Å². The van der Waals surface area contributed by atoms with E-state index in [0.29, 0.717) is 24.2 Å². The molecular formula is C27H35N3O3. The largest absolute Gasteiger partial charge is 0.417 e. The number of hydrogen-bond donors (Lipinski definition) is 2. The molecule has 6 heteroatoms. The molecule has 1 aliphatic rings. The highest BCUT2D eigenvalue weighted by Crippen LogP contribution is 2.50. The minimum atomic E-state index is -0.483. The molecular weight excluding hydrogens is 414 g/mol. The third kappa shape index (κ3) is 4.70. The van der Waals surface area contributed by atoms with Crippen molar-refractivity contribution in [3.63, 3.8) is 0 Å². The number of likely N-dealkylation sites (tertiary alicyclic amines) is 1. The molecule has 0 bridgehead atoms. The summed E-state index contributed by atoms with van der Waals surface area (Å²) in [6.45, 7) is 7.94. The number of benzene rings is 2. The molecule has 2 aromatic carbocycles. The van der Waals surface area contributed by atoms with Gasteiger partial charge in [0.15, 0.2) is 5.58 Å². The molecule has 176 valence electrons. The number of aromatic nitrogens is 1. The van der Waals surface area contributed by atoms with Gasteiger partial charge in [-0.05, 0) is 67.2 Å². The van der Waals surface area contributed by atoms with Gasteiger partial charge in [-0.3, -0.25) is 4.98 Å². The fourth-order valence-electron chi connectivity index (χ4n) is 5.36. The molecule has 33 heavy (non-hydrogen) atoms. The lowest BCUT2D eigenvalue weighted by Gasteiger charge is -2.55. The van der Waals surface area contributed by atoms with Crippen molar-refractivity contribution in [3.8, 4) is 0 Å². The van der Waals surface area contributed by atoms with E-state index in [9.17, 15) is 9.59 Å². The maximum Gasteiger partial charge on any atom is 0.417 e. The van der Waals surface area contributed by atoms with E-state index >= 15 is 0 Å². The number of urea groups is 1. The maximum absolute atomic E-state index is 13.5. The van der Waals surface area contributed by atoms with E-state index in [1.54, 1.807) is 0 Å². The second-order valence-corrected chi connectivity index (χ2v) is 10.1. The first-order chi connectivity index (χ1) is 15.8. The van der Waals surface area contributed by atoms with Crippen LogP contribution in [0.25, 0.3) is 11.1 Å². The van der Waals surface area contributed by atoms with E-state index in [0.717, 1.165) is 44.1 Å². The first-order valence-corrected chi connectivity index (χ1v) is 12.0. The molecule has 0 aliphatic carbocycles. The lowest BCUT2D eigenvalue weighted by atomic mass is 9.64. The molecule has 3 aromatic rings. The zero-order valence-corrected chi connectivity index (χ0v) is 19.9. The summed E-state index contributed by atoms with van der Waals surface area (Å²) in [5.74, 6) is -0.458. The molecule has 2 heterocycles. The number of nitrogens with one attached hydrogen (secondary N) is 2. The molecule has 1 saturated heterocycles. The number of fused-ring (bicyclic) bond motifs is 1. The number of aromatic amines is 1. The van der Waals surface area contributed by atoms with Crippen molar-refractivity contribution >= 4 is 17.1 Å². The molecule has 1 fully saturated rings. The van der Waals surface area contributed by atoms with E-state index in [1.165, 1.54) is 5.56 Å². The number of hydrogen-bond acceptors (Lipinski definition) is 3. The number of rotatable bonds is 6. The Bertz CT molecular complexity index is 1140. The van der Waals surface area contributed by atoms with Crippen LogP contribution < -0.4 is 11.1 Å². The van der Waals surface area contributed by atoms with Crippen LogP contribution in [-0.4, -0.2) is 29.0 Å². The van der Waals surface area contributed by atoms with Gasteiger partial charge in [-0.2, -0.15) is 0 Å². The van der Waals surface area contributed by atoms with E-state index < -0.39 is 11.3 Å². The van der Waals surface area contributed by atoms with Gasteiger partial charge in [-0.1, -0.05) is 57.2 Å². The zero-order valence-electron chi connectivity index (χ0n) is 19.9. The Hall–Kier alpha value is -3.02. The summed E-state index contributed by atoms with van der Waals surface area (Å²) in [6.07, 6.45) is 5.91. The number of H-pyrrole nitrogens is 1. The Balaban J connectivity index is 1.51. The second-order valence-electron chi connectivity index (χ2n) is 10.1. The van der Waals surface area contributed by atoms with Crippen LogP contribution in [-0.2, 0) is 12.0 Å². The average molecular weight is 450 g/mol.